The van der Waals surface area contributed by atoms with E-state index >= 15 is 0 Å². The number of carbonyl (C=O) groups excluding carboxylic acids is 2. The Bertz CT molecular complexity index is 811. The largest absolute Gasteiger partial charge is 0.348 e. The van der Waals surface area contributed by atoms with E-state index in [4.69, 9.17) is 0 Å². The Morgan fingerprint density at radius 1 is 0.923 bits per heavy atom. The molecule has 1 fully saturated rings. The summed E-state index contributed by atoms with van der Waals surface area (Å²) in [6, 6.07) is 10.9. The van der Waals surface area contributed by atoms with Crippen molar-refractivity contribution in [3.8, 4) is 0 Å². The molecule has 0 bridgehead atoms. The fourth-order valence-corrected chi connectivity index (χ4v) is 3.27. The summed E-state index contributed by atoms with van der Waals surface area (Å²) in [4.78, 5) is 29.2. The zero-order valence-electron chi connectivity index (χ0n) is 15.3. The van der Waals surface area contributed by atoms with Crippen molar-refractivity contribution in [3.63, 3.8) is 0 Å². The number of pyridine rings is 1. The molecule has 0 aliphatic heterocycles. The van der Waals surface area contributed by atoms with Crippen molar-refractivity contribution in [1.29, 1.82) is 0 Å². The first-order valence-corrected chi connectivity index (χ1v) is 9.20. The van der Waals surface area contributed by atoms with Crippen LogP contribution in [-0.2, 0) is 0 Å². The van der Waals surface area contributed by atoms with E-state index in [0.29, 0.717) is 0 Å². The fraction of sp³-hybridized carbons (Fsp3) is 0.381. The van der Waals surface area contributed by atoms with Gasteiger partial charge in [0.15, 0.2) is 0 Å². The van der Waals surface area contributed by atoms with Crippen LogP contribution in [-0.4, -0.2) is 22.8 Å². The number of nitrogens with zero attached hydrogens (tertiary/aromatic N) is 1. The smallest absolute Gasteiger partial charge is 0.274 e. The van der Waals surface area contributed by atoms with Crippen LogP contribution in [0.15, 0.2) is 36.4 Å². The molecule has 1 saturated carbocycles. The third-order valence-corrected chi connectivity index (χ3v) is 5.01. The quantitative estimate of drug-likeness (QED) is 0.874. The highest BCUT2D eigenvalue weighted by atomic mass is 16.2. The van der Waals surface area contributed by atoms with Crippen molar-refractivity contribution in [2.24, 2.45) is 0 Å². The number of aromatic nitrogens is 1. The van der Waals surface area contributed by atoms with Crippen molar-refractivity contribution in [3.05, 3.63) is 58.9 Å². The minimum atomic E-state index is -0.314. The maximum atomic E-state index is 12.5. The second-order valence-corrected chi connectivity index (χ2v) is 6.92. The van der Waals surface area contributed by atoms with Crippen LogP contribution in [0.25, 0.3) is 0 Å². The van der Waals surface area contributed by atoms with Crippen molar-refractivity contribution < 1.29 is 9.59 Å². The van der Waals surface area contributed by atoms with Gasteiger partial charge in [0.25, 0.3) is 11.8 Å². The summed E-state index contributed by atoms with van der Waals surface area (Å²) in [5.41, 5.74) is 3.41. The van der Waals surface area contributed by atoms with Crippen molar-refractivity contribution in [1.82, 2.24) is 10.3 Å². The van der Waals surface area contributed by atoms with Crippen LogP contribution in [0.4, 0.5) is 5.69 Å². The van der Waals surface area contributed by atoms with E-state index in [0.717, 1.165) is 42.5 Å². The molecule has 0 saturated heterocycles. The first-order valence-electron chi connectivity index (χ1n) is 9.20. The number of amides is 2. The average molecular weight is 351 g/mol. The number of anilines is 1. The molecule has 26 heavy (non-hydrogen) atoms. The van der Waals surface area contributed by atoms with Gasteiger partial charge in [0.2, 0.25) is 0 Å². The summed E-state index contributed by atoms with van der Waals surface area (Å²) in [7, 11) is 0. The van der Waals surface area contributed by atoms with E-state index in [1.807, 2.05) is 32.0 Å². The normalized spacial score (nSPS) is 14.7. The van der Waals surface area contributed by atoms with Gasteiger partial charge in [-0.25, -0.2) is 4.98 Å². The maximum Gasteiger partial charge on any atom is 0.274 e. The lowest BCUT2D eigenvalue weighted by molar-refractivity contribution is 0.0922. The first-order chi connectivity index (χ1) is 12.5. The van der Waals surface area contributed by atoms with Gasteiger partial charge in [-0.15, -0.1) is 0 Å². The number of benzene rings is 1. The minimum Gasteiger partial charge on any atom is -0.348 e. The van der Waals surface area contributed by atoms with E-state index < -0.39 is 0 Å². The first kappa shape index (κ1) is 18.1. The predicted molar refractivity (Wildman–Crippen MR) is 102 cm³/mol. The highest BCUT2D eigenvalue weighted by Gasteiger charge is 2.18. The van der Waals surface area contributed by atoms with Gasteiger partial charge in [-0.1, -0.05) is 37.5 Å². The molecule has 1 aromatic carbocycles. The molecule has 1 heterocycles. The summed E-state index contributed by atoms with van der Waals surface area (Å²) < 4.78 is 0. The highest BCUT2D eigenvalue weighted by Crippen LogP contribution is 2.19. The number of hydrogen-bond donors (Lipinski definition) is 2. The van der Waals surface area contributed by atoms with Gasteiger partial charge in [-0.3, -0.25) is 9.59 Å². The van der Waals surface area contributed by atoms with E-state index in [1.165, 1.54) is 6.42 Å². The molecule has 3 rings (SSSR count). The Balaban J connectivity index is 1.70. The zero-order valence-corrected chi connectivity index (χ0v) is 15.3. The summed E-state index contributed by atoms with van der Waals surface area (Å²) >= 11 is 0. The summed E-state index contributed by atoms with van der Waals surface area (Å²) in [5.74, 6) is -0.524. The molecule has 2 aromatic rings. The molecule has 1 aromatic heterocycles. The minimum absolute atomic E-state index is 0.210. The molecule has 2 amide bonds. The van der Waals surface area contributed by atoms with Crippen LogP contribution in [0.3, 0.4) is 0 Å². The van der Waals surface area contributed by atoms with Crippen LogP contribution >= 0.6 is 0 Å². The SMILES string of the molecule is Cc1cccc(NC(=O)c2cccc(C(=O)NC3CCCCC3)n2)c1C. The molecule has 136 valence electrons. The van der Waals surface area contributed by atoms with Crippen LogP contribution in [0.5, 0.6) is 0 Å². The Labute approximate surface area is 154 Å². The van der Waals surface area contributed by atoms with E-state index in [2.05, 4.69) is 15.6 Å². The predicted octanol–water partition coefficient (Wildman–Crippen LogP) is 4.01. The van der Waals surface area contributed by atoms with Crippen molar-refractivity contribution in [2.45, 2.75) is 52.0 Å². The van der Waals surface area contributed by atoms with Crippen LogP contribution in [0, 0.1) is 13.8 Å². The van der Waals surface area contributed by atoms with Crippen LogP contribution in [0.1, 0.15) is 64.2 Å². The molecule has 5 heteroatoms. The second kappa shape index (κ2) is 8.13. The molecule has 0 unspecified atom stereocenters. The van der Waals surface area contributed by atoms with Gasteiger partial charge in [0, 0.05) is 11.7 Å². The Morgan fingerprint density at radius 2 is 1.58 bits per heavy atom. The number of aryl methyl sites for hydroxylation is 1. The van der Waals surface area contributed by atoms with Gasteiger partial charge < -0.3 is 10.6 Å². The topological polar surface area (TPSA) is 71.1 Å². The molecule has 0 spiro atoms. The molecular formula is C21H25N3O2. The number of carbonyl (C=O) groups is 2. The Morgan fingerprint density at radius 3 is 2.31 bits per heavy atom. The third-order valence-electron chi connectivity index (χ3n) is 5.01. The number of nitrogens with one attached hydrogen (secondary N) is 2. The lowest BCUT2D eigenvalue weighted by Gasteiger charge is -2.22. The van der Waals surface area contributed by atoms with Crippen LogP contribution < -0.4 is 10.6 Å². The fourth-order valence-electron chi connectivity index (χ4n) is 3.27. The number of rotatable bonds is 4. The van der Waals surface area contributed by atoms with E-state index in [9.17, 15) is 9.59 Å². The lowest BCUT2D eigenvalue weighted by Crippen LogP contribution is -2.36. The van der Waals surface area contributed by atoms with Gasteiger partial charge in [-0.05, 0) is 56.0 Å². The van der Waals surface area contributed by atoms with Gasteiger partial charge in [-0.2, -0.15) is 0 Å². The maximum absolute atomic E-state index is 12.5. The zero-order chi connectivity index (χ0) is 18.5. The molecule has 5 nitrogen and oxygen atoms in total. The molecule has 1 aliphatic carbocycles. The number of hydrogen-bond acceptors (Lipinski definition) is 3. The van der Waals surface area contributed by atoms with Crippen molar-refractivity contribution in [2.75, 3.05) is 5.32 Å². The van der Waals surface area contributed by atoms with Crippen LogP contribution in [0.2, 0.25) is 0 Å². The van der Waals surface area contributed by atoms with Gasteiger partial charge >= 0.3 is 0 Å². The van der Waals surface area contributed by atoms with E-state index in [-0.39, 0.29) is 29.2 Å². The van der Waals surface area contributed by atoms with E-state index in [1.54, 1.807) is 18.2 Å². The summed E-state index contributed by atoms with van der Waals surface area (Å²) in [6.45, 7) is 3.96. The molecule has 0 atom stereocenters. The Kier molecular flexibility index (Phi) is 5.66. The monoisotopic (exact) mass is 351 g/mol. The molecular weight excluding hydrogens is 326 g/mol. The second-order valence-electron chi connectivity index (χ2n) is 6.92. The van der Waals surface area contributed by atoms with Gasteiger partial charge in [0.1, 0.15) is 11.4 Å². The third kappa shape index (κ3) is 4.28. The lowest BCUT2D eigenvalue weighted by atomic mass is 9.95. The summed E-state index contributed by atoms with van der Waals surface area (Å²) in [6.07, 6.45) is 5.56. The summed E-state index contributed by atoms with van der Waals surface area (Å²) in [5, 5.41) is 5.92. The standard InChI is InChI=1S/C21H25N3O2/c1-14-8-6-11-17(15(14)2)24-21(26)19-13-7-12-18(23-19)20(25)22-16-9-4-3-5-10-16/h6-8,11-13,16H,3-5,9-10H2,1-2H3,(H,22,25)(H,24,26). The van der Waals surface area contributed by atoms with Gasteiger partial charge in [0.05, 0.1) is 0 Å². The molecule has 0 radical (unpaired) electrons. The molecule has 2 N–H and O–H groups in total. The highest BCUT2D eigenvalue weighted by molar-refractivity contribution is 6.04. The van der Waals surface area contributed by atoms with Crippen molar-refractivity contribution >= 4 is 17.5 Å². The molecule has 1 aliphatic rings. The average Bonchev–Trinajstić information content (AvgIpc) is 2.66. The Hall–Kier alpha value is -2.69.